The molecule has 1 N–H and O–H groups in total. The summed E-state index contributed by atoms with van der Waals surface area (Å²) in [5.74, 6) is 0.557. The van der Waals surface area contributed by atoms with Gasteiger partial charge in [0.05, 0.1) is 5.02 Å². The normalized spacial score (nSPS) is 21.0. The minimum Gasteiger partial charge on any atom is -0.479 e. The van der Waals surface area contributed by atoms with E-state index in [2.05, 4.69) is 12.2 Å². The maximum atomic E-state index is 12.3. The van der Waals surface area contributed by atoms with Crippen LogP contribution in [0.25, 0.3) is 0 Å². The molecule has 4 nitrogen and oxygen atoms in total. The second-order valence-electron chi connectivity index (χ2n) is 4.83. The first-order chi connectivity index (χ1) is 9.08. The average Bonchev–Trinajstić information content (AvgIpc) is 2.40. The highest BCUT2D eigenvalue weighted by molar-refractivity contribution is 6.32. The maximum Gasteiger partial charge on any atom is 0.263 e. The van der Waals surface area contributed by atoms with Crippen LogP contribution in [0.2, 0.25) is 5.02 Å². The first-order valence-electron chi connectivity index (χ1n) is 6.51. The SMILES string of the molecule is CC1CN(C(=O)C(C)Oc2ccccc2Cl)CCN1. The van der Waals surface area contributed by atoms with Crippen LogP contribution in [0.4, 0.5) is 0 Å². The molecule has 0 saturated carbocycles. The van der Waals surface area contributed by atoms with Crippen molar-refractivity contribution in [1.29, 1.82) is 0 Å². The standard InChI is InChI=1S/C14H19ClN2O2/c1-10-9-17(8-7-16-10)14(18)11(2)19-13-6-4-3-5-12(13)15/h3-6,10-11,16H,7-9H2,1-2H3. The van der Waals surface area contributed by atoms with E-state index in [9.17, 15) is 4.79 Å². The zero-order valence-corrected chi connectivity index (χ0v) is 12.0. The zero-order valence-electron chi connectivity index (χ0n) is 11.2. The molecule has 1 saturated heterocycles. The fourth-order valence-corrected chi connectivity index (χ4v) is 2.35. The molecule has 1 heterocycles. The summed E-state index contributed by atoms with van der Waals surface area (Å²) >= 11 is 6.02. The first kappa shape index (κ1) is 14.2. The molecule has 2 unspecified atom stereocenters. The van der Waals surface area contributed by atoms with Crippen LogP contribution in [0.1, 0.15) is 13.8 Å². The van der Waals surface area contributed by atoms with E-state index >= 15 is 0 Å². The molecule has 1 aliphatic heterocycles. The molecule has 2 atom stereocenters. The van der Waals surface area contributed by atoms with Gasteiger partial charge in [0.25, 0.3) is 5.91 Å². The third-order valence-corrected chi connectivity index (χ3v) is 3.48. The van der Waals surface area contributed by atoms with Crippen LogP contribution in [0, 0.1) is 0 Å². The molecule has 104 valence electrons. The average molecular weight is 283 g/mol. The van der Waals surface area contributed by atoms with Gasteiger partial charge >= 0.3 is 0 Å². The van der Waals surface area contributed by atoms with Crippen LogP contribution in [0.5, 0.6) is 5.75 Å². The lowest BCUT2D eigenvalue weighted by Crippen LogP contribution is -2.54. The van der Waals surface area contributed by atoms with Crippen molar-refractivity contribution >= 4 is 17.5 Å². The molecule has 2 rings (SSSR count). The number of amides is 1. The highest BCUT2D eigenvalue weighted by Crippen LogP contribution is 2.24. The summed E-state index contributed by atoms with van der Waals surface area (Å²) in [4.78, 5) is 14.1. The number of hydrogen-bond donors (Lipinski definition) is 1. The summed E-state index contributed by atoms with van der Waals surface area (Å²) < 4.78 is 5.65. The Morgan fingerprint density at radius 3 is 2.95 bits per heavy atom. The number of ether oxygens (including phenoxy) is 1. The first-order valence-corrected chi connectivity index (χ1v) is 6.89. The van der Waals surface area contributed by atoms with Crippen LogP contribution in [-0.4, -0.2) is 42.6 Å². The number of benzene rings is 1. The van der Waals surface area contributed by atoms with Crippen LogP contribution in [-0.2, 0) is 4.79 Å². The number of carbonyl (C=O) groups is 1. The predicted octanol–water partition coefficient (Wildman–Crippen LogP) is 1.93. The molecule has 0 aromatic heterocycles. The Balaban J connectivity index is 1.97. The van der Waals surface area contributed by atoms with E-state index in [1.165, 1.54) is 0 Å². The van der Waals surface area contributed by atoms with Crippen molar-refractivity contribution in [2.45, 2.75) is 26.0 Å². The van der Waals surface area contributed by atoms with Gasteiger partial charge in [0.1, 0.15) is 5.75 Å². The van der Waals surface area contributed by atoms with Gasteiger partial charge < -0.3 is 15.0 Å². The molecule has 0 spiro atoms. The number of nitrogens with zero attached hydrogens (tertiary/aromatic N) is 1. The highest BCUT2D eigenvalue weighted by Gasteiger charge is 2.26. The Morgan fingerprint density at radius 1 is 1.53 bits per heavy atom. The van der Waals surface area contributed by atoms with Crippen LogP contribution >= 0.6 is 11.6 Å². The summed E-state index contributed by atoms with van der Waals surface area (Å²) in [7, 11) is 0. The van der Waals surface area contributed by atoms with Crippen molar-refractivity contribution < 1.29 is 9.53 Å². The van der Waals surface area contributed by atoms with E-state index in [1.807, 2.05) is 17.0 Å². The molecule has 19 heavy (non-hydrogen) atoms. The molecular formula is C14H19ClN2O2. The fraction of sp³-hybridized carbons (Fsp3) is 0.500. The summed E-state index contributed by atoms with van der Waals surface area (Å²) in [6.45, 7) is 6.09. The lowest BCUT2D eigenvalue weighted by Gasteiger charge is -2.33. The van der Waals surface area contributed by atoms with E-state index in [0.717, 1.165) is 19.6 Å². The van der Waals surface area contributed by atoms with Gasteiger partial charge in [-0.1, -0.05) is 23.7 Å². The van der Waals surface area contributed by atoms with E-state index in [0.29, 0.717) is 16.8 Å². The summed E-state index contributed by atoms with van der Waals surface area (Å²) in [5.41, 5.74) is 0. The Kier molecular flexibility index (Phi) is 4.66. The number of carbonyl (C=O) groups excluding carboxylic acids is 1. The minimum atomic E-state index is -0.523. The van der Waals surface area contributed by atoms with Crippen molar-refractivity contribution in [3.8, 4) is 5.75 Å². The monoisotopic (exact) mass is 282 g/mol. The minimum absolute atomic E-state index is 0.00766. The lowest BCUT2D eigenvalue weighted by atomic mass is 10.2. The van der Waals surface area contributed by atoms with E-state index in [1.54, 1.807) is 19.1 Å². The third kappa shape index (κ3) is 3.61. The summed E-state index contributed by atoms with van der Waals surface area (Å²) in [6.07, 6.45) is -0.523. The van der Waals surface area contributed by atoms with Gasteiger partial charge in [0.2, 0.25) is 0 Å². The van der Waals surface area contributed by atoms with Crippen LogP contribution < -0.4 is 10.1 Å². The highest BCUT2D eigenvalue weighted by atomic mass is 35.5. The third-order valence-electron chi connectivity index (χ3n) is 3.17. The molecular weight excluding hydrogens is 264 g/mol. The predicted molar refractivity (Wildman–Crippen MR) is 75.6 cm³/mol. The van der Waals surface area contributed by atoms with Gasteiger partial charge in [0.15, 0.2) is 6.10 Å². The molecule has 1 fully saturated rings. The quantitative estimate of drug-likeness (QED) is 0.921. The second kappa shape index (κ2) is 6.26. The van der Waals surface area contributed by atoms with Gasteiger partial charge in [-0.2, -0.15) is 0 Å². The lowest BCUT2D eigenvalue weighted by molar-refractivity contribution is -0.139. The molecule has 0 radical (unpaired) electrons. The Bertz CT molecular complexity index is 453. The van der Waals surface area contributed by atoms with E-state index < -0.39 is 6.10 Å². The number of hydrogen-bond acceptors (Lipinski definition) is 3. The van der Waals surface area contributed by atoms with Crippen LogP contribution in [0.15, 0.2) is 24.3 Å². The Labute approximate surface area is 118 Å². The zero-order chi connectivity index (χ0) is 13.8. The van der Waals surface area contributed by atoms with Gasteiger partial charge in [-0.25, -0.2) is 0 Å². The number of nitrogens with one attached hydrogen (secondary N) is 1. The van der Waals surface area contributed by atoms with Crippen molar-refractivity contribution in [2.75, 3.05) is 19.6 Å². The Morgan fingerprint density at radius 2 is 2.26 bits per heavy atom. The Hall–Kier alpha value is -1.26. The molecule has 0 bridgehead atoms. The number of rotatable bonds is 3. The van der Waals surface area contributed by atoms with Crippen molar-refractivity contribution in [2.24, 2.45) is 0 Å². The number of halogens is 1. The maximum absolute atomic E-state index is 12.3. The van der Waals surface area contributed by atoms with Crippen molar-refractivity contribution in [3.05, 3.63) is 29.3 Å². The van der Waals surface area contributed by atoms with E-state index in [-0.39, 0.29) is 5.91 Å². The molecule has 1 aromatic carbocycles. The van der Waals surface area contributed by atoms with E-state index in [4.69, 9.17) is 16.3 Å². The van der Waals surface area contributed by atoms with Crippen molar-refractivity contribution in [1.82, 2.24) is 10.2 Å². The number of piperazine rings is 1. The molecule has 1 amide bonds. The summed E-state index contributed by atoms with van der Waals surface area (Å²) in [5, 5.41) is 3.83. The fourth-order valence-electron chi connectivity index (χ4n) is 2.17. The molecule has 0 aliphatic carbocycles. The van der Waals surface area contributed by atoms with Gasteiger partial charge in [0, 0.05) is 25.7 Å². The van der Waals surface area contributed by atoms with Crippen molar-refractivity contribution in [3.63, 3.8) is 0 Å². The molecule has 1 aliphatic rings. The topological polar surface area (TPSA) is 41.6 Å². The number of para-hydroxylation sites is 1. The molecule has 1 aromatic rings. The smallest absolute Gasteiger partial charge is 0.263 e. The largest absolute Gasteiger partial charge is 0.479 e. The van der Waals surface area contributed by atoms with Gasteiger partial charge in [-0.05, 0) is 26.0 Å². The van der Waals surface area contributed by atoms with Gasteiger partial charge in [-0.3, -0.25) is 4.79 Å². The molecule has 5 heteroatoms. The summed E-state index contributed by atoms with van der Waals surface area (Å²) in [6, 6.07) is 7.52. The van der Waals surface area contributed by atoms with Crippen LogP contribution in [0.3, 0.4) is 0 Å². The second-order valence-corrected chi connectivity index (χ2v) is 5.24. The van der Waals surface area contributed by atoms with Gasteiger partial charge in [-0.15, -0.1) is 0 Å².